The van der Waals surface area contributed by atoms with Crippen molar-refractivity contribution in [2.75, 3.05) is 6.61 Å². The highest BCUT2D eigenvalue weighted by Gasteiger charge is 2.47. The monoisotopic (exact) mass is 368 g/mol. The number of azo groups is 1. The van der Waals surface area contributed by atoms with Crippen LogP contribution >= 0.6 is 11.3 Å². The van der Waals surface area contributed by atoms with Gasteiger partial charge in [0, 0.05) is 12.2 Å². The minimum Gasteiger partial charge on any atom is -0.373 e. The summed E-state index contributed by atoms with van der Waals surface area (Å²) in [5.41, 5.74) is 0.915. The average Bonchev–Trinajstić information content (AvgIpc) is 3.31. The molecule has 2 unspecified atom stereocenters. The van der Waals surface area contributed by atoms with E-state index < -0.39 is 5.66 Å². The maximum Gasteiger partial charge on any atom is 0.234 e. The number of thiazole rings is 1. The van der Waals surface area contributed by atoms with E-state index in [2.05, 4.69) is 15.2 Å². The second-order valence-corrected chi connectivity index (χ2v) is 7.66. The molecule has 0 saturated carbocycles. The number of carbonyl (C=O) groups is 1. The zero-order chi connectivity index (χ0) is 18.0. The highest BCUT2D eigenvalue weighted by molar-refractivity contribution is 7.12. The Labute approximate surface area is 156 Å². The molecule has 2 aromatic rings. The van der Waals surface area contributed by atoms with Crippen LogP contribution in [-0.2, 0) is 21.6 Å². The third-order valence-corrected chi connectivity index (χ3v) is 5.77. The van der Waals surface area contributed by atoms with Gasteiger partial charge in [-0.25, -0.2) is 9.98 Å². The molecule has 0 spiro atoms. The van der Waals surface area contributed by atoms with Crippen molar-refractivity contribution in [3.8, 4) is 11.3 Å². The number of ether oxygens (including phenoxy) is 1. The Morgan fingerprint density at radius 1 is 1.31 bits per heavy atom. The standard InChI is InChI=1S/C19H20N4O2S/c1-13(24)11-16-22-17(14-7-3-2-4-8-14)18(26-16)19(20-12-21-23-19)15-9-5-6-10-25-15/h2-4,7-8,12,15H,5-6,9-11H2,1H3. The van der Waals surface area contributed by atoms with E-state index in [4.69, 9.17) is 9.72 Å². The van der Waals surface area contributed by atoms with Crippen LogP contribution < -0.4 is 0 Å². The van der Waals surface area contributed by atoms with E-state index in [1.165, 1.54) is 17.7 Å². The van der Waals surface area contributed by atoms with E-state index in [0.29, 0.717) is 13.0 Å². The number of Topliss-reactive ketones (excluding diaryl/α,β-unsaturated/α-hetero) is 1. The van der Waals surface area contributed by atoms with Crippen LogP contribution in [0.4, 0.5) is 0 Å². The molecule has 1 aromatic heterocycles. The number of carbonyl (C=O) groups excluding carboxylic acids is 1. The first kappa shape index (κ1) is 17.2. The molecule has 6 nitrogen and oxygen atoms in total. The van der Waals surface area contributed by atoms with Crippen LogP contribution in [0.1, 0.15) is 36.1 Å². The van der Waals surface area contributed by atoms with Gasteiger partial charge in [-0.05, 0) is 26.2 Å². The first-order valence-electron chi connectivity index (χ1n) is 8.81. The largest absolute Gasteiger partial charge is 0.373 e. The smallest absolute Gasteiger partial charge is 0.234 e. The predicted molar refractivity (Wildman–Crippen MR) is 101 cm³/mol. The molecular formula is C19H20N4O2S. The number of hydrogen-bond donors (Lipinski definition) is 0. The number of aromatic nitrogens is 1. The summed E-state index contributed by atoms with van der Waals surface area (Å²) in [5.74, 6) is 0.0874. The Morgan fingerprint density at radius 3 is 2.81 bits per heavy atom. The van der Waals surface area contributed by atoms with Crippen molar-refractivity contribution in [3.05, 3.63) is 40.2 Å². The Kier molecular flexibility index (Phi) is 4.74. The topological polar surface area (TPSA) is 76.3 Å². The molecule has 2 atom stereocenters. The lowest BCUT2D eigenvalue weighted by Crippen LogP contribution is -2.39. The van der Waals surface area contributed by atoms with E-state index in [1.807, 2.05) is 30.3 Å². The van der Waals surface area contributed by atoms with Gasteiger partial charge in [-0.3, -0.25) is 4.79 Å². The summed E-state index contributed by atoms with van der Waals surface area (Å²) in [6.07, 6.45) is 4.66. The molecule has 1 fully saturated rings. The van der Waals surface area contributed by atoms with Crippen LogP contribution in [0.25, 0.3) is 11.3 Å². The summed E-state index contributed by atoms with van der Waals surface area (Å²) in [7, 11) is 0. The highest BCUT2D eigenvalue weighted by atomic mass is 32.1. The molecule has 26 heavy (non-hydrogen) atoms. The van der Waals surface area contributed by atoms with Crippen LogP contribution in [0.3, 0.4) is 0 Å². The maximum atomic E-state index is 11.6. The molecule has 0 N–H and O–H groups in total. The fraction of sp³-hybridized carbons (Fsp3) is 0.421. The normalized spacial score (nSPS) is 24.9. The van der Waals surface area contributed by atoms with Crippen LogP contribution in [0.2, 0.25) is 0 Å². The van der Waals surface area contributed by atoms with Crippen LogP contribution in [0.5, 0.6) is 0 Å². The summed E-state index contributed by atoms with van der Waals surface area (Å²) >= 11 is 1.49. The molecule has 0 aliphatic carbocycles. The minimum absolute atomic E-state index is 0.0874. The average molecular weight is 368 g/mol. The van der Waals surface area contributed by atoms with Gasteiger partial charge in [-0.1, -0.05) is 30.3 Å². The molecule has 2 aliphatic heterocycles. The number of rotatable bonds is 5. The predicted octanol–water partition coefficient (Wildman–Crippen LogP) is 4.16. The zero-order valence-corrected chi connectivity index (χ0v) is 15.4. The fourth-order valence-electron chi connectivity index (χ4n) is 3.40. The van der Waals surface area contributed by atoms with Gasteiger partial charge in [0.05, 0.1) is 17.0 Å². The van der Waals surface area contributed by atoms with E-state index in [0.717, 1.165) is 40.4 Å². The first-order valence-corrected chi connectivity index (χ1v) is 9.63. The molecule has 4 rings (SSSR count). The van der Waals surface area contributed by atoms with Crippen molar-refractivity contribution >= 4 is 23.5 Å². The zero-order valence-electron chi connectivity index (χ0n) is 14.6. The molecule has 3 heterocycles. The van der Waals surface area contributed by atoms with E-state index in [-0.39, 0.29) is 11.9 Å². The van der Waals surface area contributed by atoms with E-state index >= 15 is 0 Å². The molecule has 0 amide bonds. The van der Waals surface area contributed by atoms with Gasteiger partial charge in [0.25, 0.3) is 0 Å². The van der Waals surface area contributed by atoms with Gasteiger partial charge in [-0.15, -0.1) is 21.6 Å². The van der Waals surface area contributed by atoms with Gasteiger partial charge in [-0.2, -0.15) is 0 Å². The van der Waals surface area contributed by atoms with E-state index in [1.54, 1.807) is 6.92 Å². The van der Waals surface area contributed by atoms with Crippen LogP contribution in [-0.4, -0.2) is 29.8 Å². The second-order valence-electron chi connectivity index (χ2n) is 6.57. The number of ketones is 1. The number of benzene rings is 1. The summed E-state index contributed by atoms with van der Waals surface area (Å²) in [6, 6.07) is 9.96. The molecule has 0 bridgehead atoms. The van der Waals surface area contributed by atoms with Crippen molar-refractivity contribution < 1.29 is 9.53 Å². The second kappa shape index (κ2) is 7.17. The number of nitrogens with zero attached hydrogens (tertiary/aromatic N) is 4. The lowest BCUT2D eigenvalue weighted by molar-refractivity contribution is -0.116. The van der Waals surface area contributed by atoms with Gasteiger partial charge in [0.1, 0.15) is 23.2 Å². The van der Waals surface area contributed by atoms with Crippen molar-refractivity contribution in [1.29, 1.82) is 0 Å². The van der Waals surface area contributed by atoms with Gasteiger partial charge >= 0.3 is 0 Å². The van der Waals surface area contributed by atoms with Gasteiger partial charge < -0.3 is 4.74 Å². The number of aliphatic imine (C=N–C) groups is 1. The maximum absolute atomic E-state index is 11.6. The Bertz CT molecular complexity index is 842. The number of hydrogen-bond acceptors (Lipinski definition) is 7. The molecule has 1 aromatic carbocycles. The van der Waals surface area contributed by atoms with Crippen molar-refractivity contribution in [2.45, 2.75) is 44.4 Å². The molecule has 0 radical (unpaired) electrons. The van der Waals surface area contributed by atoms with Gasteiger partial charge in [0.15, 0.2) is 0 Å². The Morgan fingerprint density at radius 2 is 2.15 bits per heavy atom. The van der Waals surface area contributed by atoms with Crippen molar-refractivity contribution in [1.82, 2.24) is 4.98 Å². The van der Waals surface area contributed by atoms with Crippen LogP contribution in [0, 0.1) is 0 Å². The van der Waals surface area contributed by atoms with Crippen LogP contribution in [0.15, 0.2) is 45.6 Å². The molecule has 1 saturated heterocycles. The summed E-state index contributed by atoms with van der Waals surface area (Å²) < 4.78 is 6.05. The lowest BCUT2D eigenvalue weighted by Gasteiger charge is -2.33. The lowest BCUT2D eigenvalue weighted by atomic mass is 9.93. The van der Waals surface area contributed by atoms with Crippen molar-refractivity contribution in [2.24, 2.45) is 15.2 Å². The molecule has 134 valence electrons. The molecule has 7 heteroatoms. The first-order chi connectivity index (χ1) is 12.7. The third kappa shape index (κ3) is 3.12. The Hall–Kier alpha value is -2.25. The van der Waals surface area contributed by atoms with Gasteiger partial charge in [0.2, 0.25) is 5.66 Å². The molecule has 2 aliphatic rings. The quantitative estimate of drug-likeness (QED) is 0.795. The third-order valence-electron chi connectivity index (χ3n) is 4.60. The molecular weight excluding hydrogens is 348 g/mol. The fourth-order valence-corrected chi connectivity index (χ4v) is 4.69. The summed E-state index contributed by atoms with van der Waals surface area (Å²) in [5, 5.41) is 9.34. The van der Waals surface area contributed by atoms with Crippen molar-refractivity contribution in [3.63, 3.8) is 0 Å². The van der Waals surface area contributed by atoms with E-state index in [9.17, 15) is 4.79 Å². The highest BCUT2D eigenvalue weighted by Crippen LogP contribution is 2.46. The summed E-state index contributed by atoms with van der Waals surface area (Å²) in [6.45, 7) is 2.29. The summed E-state index contributed by atoms with van der Waals surface area (Å²) in [4.78, 5) is 22.0. The Balaban J connectivity index is 1.85. The minimum atomic E-state index is -0.891. The SMILES string of the molecule is CC(=O)Cc1nc(-c2ccccc2)c(C2(C3CCCCO3)N=CN=N2)s1.